The zero-order valence-corrected chi connectivity index (χ0v) is 26.8. The predicted molar refractivity (Wildman–Crippen MR) is 175 cm³/mol. The lowest BCUT2D eigenvalue weighted by Gasteiger charge is -2.56. The summed E-state index contributed by atoms with van der Waals surface area (Å²) < 4.78 is 6.61. The molecule has 47 heavy (non-hydrogen) atoms. The van der Waals surface area contributed by atoms with Gasteiger partial charge in [-0.25, -0.2) is 4.79 Å². The van der Waals surface area contributed by atoms with Gasteiger partial charge in [-0.3, -0.25) is 14.4 Å². The molecule has 4 N–H and O–H groups in total. The Morgan fingerprint density at radius 2 is 1.70 bits per heavy atom. The number of carboxylic acid groups (broad SMARTS) is 1. The summed E-state index contributed by atoms with van der Waals surface area (Å²) in [6, 6.07) is 17.5. The Bertz CT molecular complexity index is 1850. The Balaban J connectivity index is 1.15. The number of nitrogens with one attached hydrogen (secondary N) is 1. The summed E-state index contributed by atoms with van der Waals surface area (Å²) >= 11 is 1.44. The van der Waals surface area contributed by atoms with E-state index in [9.17, 15) is 34.5 Å². The molecular formula is C37H35NO8S. The highest BCUT2D eigenvalue weighted by Gasteiger charge is 2.72. The van der Waals surface area contributed by atoms with Crippen molar-refractivity contribution < 1.29 is 39.2 Å². The SMILES string of the molecule is C[C@]12C[C@@]34C=C(Sc5ccc(-c6ccc(C=O)cc6)cc5)C(=O)[C@@](C)(CCC(=O)Nc5c(O)ccc(C(=O)O)c5O)[C@@H]3[C@H](C[C@@H]1C4)O2. The Morgan fingerprint density at radius 3 is 2.34 bits per heavy atom. The number of thioether (sulfide) groups is 1. The molecule has 4 bridgehead atoms. The first-order valence-corrected chi connectivity index (χ1v) is 16.5. The number of ether oxygens (including phenoxy) is 1. The van der Waals surface area contributed by atoms with Crippen LogP contribution in [-0.2, 0) is 14.3 Å². The largest absolute Gasteiger partial charge is 0.506 e. The molecule has 1 spiro atoms. The van der Waals surface area contributed by atoms with Crippen LogP contribution in [0, 0.1) is 22.7 Å². The number of hydrogen-bond acceptors (Lipinski definition) is 8. The topological polar surface area (TPSA) is 150 Å². The van der Waals surface area contributed by atoms with Crippen molar-refractivity contribution in [3.8, 4) is 22.6 Å². The van der Waals surface area contributed by atoms with Crippen LogP contribution in [0.3, 0.4) is 0 Å². The molecule has 3 aliphatic carbocycles. The molecule has 10 heteroatoms. The van der Waals surface area contributed by atoms with E-state index in [2.05, 4.69) is 18.3 Å². The number of aldehydes is 1. The summed E-state index contributed by atoms with van der Waals surface area (Å²) in [6.07, 6.45) is 5.64. The molecular weight excluding hydrogens is 618 g/mol. The first-order valence-electron chi connectivity index (χ1n) is 15.7. The van der Waals surface area contributed by atoms with Crippen LogP contribution in [0.25, 0.3) is 11.1 Å². The maximum absolute atomic E-state index is 14.5. The standard InChI is InChI=1S/C37H35NO8S/c1-35(14-13-29(41)38-30-26(40)12-11-25(31(30)42)34(44)45)32-27-15-23-16-37(32,19-36(23,2)46-27)17-28(33(35)43)47-24-9-7-22(8-10-24)21-5-3-20(18-39)4-6-21/h3-12,17-18,23,27,32,40,42H,13-16,19H2,1-2H3,(H,38,41)(H,44,45)/t23-,27+,32+,35+,36+,37-/m1/s1. The molecule has 3 aromatic carbocycles. The highest BCUT2D eigenvalue weighted by molar-refractivity contribution is 8.04. The molecule has 2 saturated heterocycles. The molecule has 0 radical (unpaired) electrons. The third-order valence-electron chi connectivity index (χ3n) is 10.9. The van der Waals surface area contributed by atoms with Crippen molar-refractivity contribution in [3.63, 3.8) is 0 Å². The number of aromatic carboxylic acids is 1. The first-order chi connectivity index (χ1) is 22.4. The summed E-state index contributed by atoms with van der Waals surface area (Å²) in [4.78, 5) is 51.8. The highest BCUT2D eigenvalue weighted by Crippen LogP contribution is 2.72. The van der Waals surface area contributed by atoms with Crippen molar-refractivity contribution in [1.29, 1.82) is 0 Å². The molecule has 6 atom stereocenters. The number of hydrogen-bond donors (Lipinski definition) is 4. The number of carboxylic acids is 1. The van der Waals surface area contributed by atoms with Crippen LogP contribution in [0.2, 0.25) is 0 Å². The number of benzene rings is 3. The summed E-state index contributed by atoms with van der Waals surface area (Å²) in [5.41, 5.74) is 0.352. The van der Waals surface area contributed by atoms with Crippen LogP contribution < -0.4 is 5.32 Å². The van der Waals surface area contributed by atoms with E-state index in [0.29, 0.717) is 16.4 Å². The molecule has 8 rings (SSSR count). The summed E-state index contributed by atoms with van der Waals surface area (Å²) in [7, 11) is 0. The van der Waals surface area contributed by atoms with Crippen LogP contribution in [0.15, 0.2) is 76.5 Å². The monoisotopic (exact) mass is 653 g/mol. The number of phenolic OH excluding ortho intramolecular Hbond substituents is 1. The van der Waals surface area contributed by atoms with Crippen molar-refractivity contribution in [1.82, 2.24) is 0 Å². The molecule has 3 aromatic rings. The van der Waals surface area contributed by atoms with Crippen molar-refractivity contribution in [2.75, 3.05) is 5.32 Å². The maximum atomic E-state index is 14.5. The molecule has 2 aliphatic heterocycles. The summed E-state index contributed by atoms with van der Waals surface area (Å²) in [5.74, 6) is -2.90. The maximum Gasteiger partial charge on any atom is 0.339 e. The normalized spacial score (nSPS) is 30.1. The molecule has 2 heterocycles. The number of carbonyl (C=O) groups excluding carboxylic acids is 3. The minimum atomic E-state index is -1.40. The average molecular weight is 654 g/mol. The quantitative estimate of drug-likeness (QED) is 0.144. The van der Waals surface area contributed by atoms with Crippen molar-refractivity contribution in [2.24, 2.45) is 22.7 Å². The van der Waals surface area contributed by atoms with Gasteiger partial charge in [0.05, 0.1) is 16.6 Å². The molecule has 0 unspecified atom stereocenters. The van der Waals surface area contributed by atoms with Gasteiger partial charge in [0, 0.05) is 28.2 Å². The second kappa shape index (κ2) is 11.1. The van der Waals surface area contributed by atoms with Crippen molar-refractivity contribution >= 4 is 41.4 Å². The second-order valence-electron chi connectivity index (χ2n) is 13.8. The van der Waals surface area contributed by atoms with Gasteiger partial charge in [-0.1, -0.05) is 61.2 Å². The van der Waals surface area contributed by atoms with E-state index in [-0.39, 0.29) is 47.4 Å². The van der Waals surface area contributed by atoms with Gasteiger partial charge in [-0.15, -0.1) is 0 Å². The van der Waals surface area contributed by atoms with Crippen molar-refractivity contribution in [3.05, 3.63) is 82.8 Å². The lowest BCUT2D eigenvalue weighted by atomic mass is 9.51. The van der Waals surface area contributed by atoms with Crippen LogP contribution >= 0.6 is 11.8 Å². The third-order valence-corrected chi connectivity index (χ3v) is 12.0. The highest BCUT2D eigenvalue weighted by atomic mass is 32.2. The van der Waals surface area contributed by atoms with Crippen molar-refractivity contribution in [2.45, 2.75) is 62.6 Å². The van der Waals surface area contributed by atoms with Gasteiger partial charge in [0.2, 0.25) is 5.91 Å². The molecule has 2 saturated carbocycles. The van der Waals surface area contributed by atoms with Gasteiger partial charge in [0.15, 0.2) is 11.5 Å². The van der Waals surface area contributed by atoms with E-state index in [1.54, 1.807) is 12.1 Å². The number of allylic oxidation sites excluding steroid dienone is 2. The number of ketones is 1. The predicted octanol–water partition coefficient (Wildman–Crippen LogP) is 6.83. The molecule has 0 aromatic heterocycles. The fourth-order valence-corrected chi connectivity index (χ4v) is 10.0. The second-order valence-corrected chi connectivity index (χ2v) is 14.9. The van der Waals surface area contributed by atoms with E-state index >= 15 is 0 Å². The fraction of sp³-hybridized carbons (Fsp3) is 0.351. The van der Waals surface area contributed by atoms with Crippen LogP contribution in [0.1, 0.15) is 66.7 Å². The van der Waals surface area contributed by atoms with Crippen LogP contribution in [0.4, 0.5) is 5.69 Å². The Labute approximate surface area is 276 Å². The lowest BCUT2D eigenvalue weighted by Crippen LogP contribution is -2.57. The van der Waals surface area contributed by atoms with Crippen LogP contribution in [0.5, 0.6) is 11.5 Å². The average Bonchev–Trinajstić information content (AvgIpc) is 3.41. The van der Waals surface area contributed by atoms with E-state index in [1.807, 2.05) is 43.3 Å². The van der Waals surface area contributed by atoms with E-state index in [0.717, 1.165) is 53.7 Å². The number of Topliss-reactive ketones (excluding diaryl/α,β-unsaturated/α-hetero) is 1. The van der Waals surface area contributed by atoms with Gasteiger partial charge >= 0.3 is 5.97 Å². The summed E-state index contributed by atoms with van der Waals surface area (Å²) in [5, 5.41) is 32.5. The molecule has 5 aliphatic rings. The first kappa shape index (κ1) is 31.2. The number of carbonyl (C=O) groups is 4. The minimum absolute atomic E-state index is 0.0411. The van der Waals surface area contributed by atoms with E-state index in [1.165, 1.54) is 11.8 Å². The summed E-state index contributed by atoms with van der Waals surface area (Å²) in [6.45, 7) is 4.11. The fourth-order valence-electron chi connectivity index (χ4n) is 8.89. The number of amides is 1. The molecule has 9 nitrogen and oxygen atoms in total. The van der Waals surface area contributed by atoms with Gasteiger partial charge in [0.1, 0.15) is 23.3 Å². The molecule has 4 fully saturated rings. The third kappa shape index (κ3) is 5.05. The minimum Gasteiger partial charge on any atom is -0.506 e. The smallest absolute Gasteiger partial charge is 0.339 e. The van der Waals surface area contributed by atoms with Gasteiger partial charge in [-0.2, -0.15) is 0 Å². The number of anilines is 1. The zero-order chi connectivity index (χ0) is 33.3. The number of aromatic hydroxyl groups is 2. The molecule has 242 valence electrons. The molecule has 1 amide bonds. The lowest BCUT2D eigenvalue weighted by molar-refractivity contribution is -0.169. The Hall–Kier alpha value is -4.41. The van der Waals surface area contributed by atoms with Gasteiger partial charge in [-0.05, 0) is 79.3 Å². The van der Waals surface area contributed by atoms with Gasteiger partial charge in [0.25, 0.3) is 0 Å². The van der Waals surface area contributed by atoms with Crippen LogP contribution in [-0.4, -0.2) is 51.0 Å². The number of rotatable bonds is 9. The zero-order valence-electron chi connectivity index (χ0n) is 26.0. The Morgan fingerprint density at radius 1 is 1.02 bits per heavy atom. The number of phenols is 2. The Kier molecular flexibility index (Phi) is 7.37. The van der Waals surface area contributed by atoms with Gasteiger partial charge < -0.3 is 25.4 Å². The van der Waals surface area contributed by atoms with E-state index < -0.39 is 34.4 Å². The van der Waals surface area contributed by atoms with E-state index in [4.69, 9.17) is 4.74 Å².